The van der Waals surface area contributed by atoms with Gasteiger partial charge in [-0.15, -0.1) is 11.3 Å². The van der Waals surface area contributed by atoms with Crippen LogP contribution in [0.15, 0.2) is 54.0 Å². The van der Waals surface area contributed by atoms with E-state index >= 15 is 0 Å². The van der Waals surface area contributed by atoms with E-state index in [0.29, 0.717) is 0 Å². The first-order chi connectivity index (χ1) is 11.3. The molecule has 2 aromatic heterocycles. The van der Waals surface area contributed by atoms with Crippen LogP contribution in [0, 0.1) is 0 Å². The van der Waals surface area contributed by atoms with Crippen molar-refractivity contribution in [3.8, 4) is 10.7 Å². The van der Waals surface area contributed by atoms with Crippen molar-refractivity contribution in [1.82, 2.24) is 9.97 Å². The van der Waals surface area contributed by atoms with Gasteiger partial charge in [0.2, 0.25) is 0 Å². The van der Waals surface area contributed by atoms with E-state index < -0.39 is 0 Å². The summed E-state index contributed by atoms with van der Waals surface area (Å²) in [5.41, 5.74) is 4.63. The van der Waals surface area contributed by atoms with Crippen LogP contribution in [-0.4, -0.2) is 30.1 Å². The zero-order valence-electron chi connectivity index (χ0n) is 13.0. The summed E-state index contributed by atoms with van der Waals surface area (Å²) < 4.78 is 0. The molecule has 3 heterocycles. The average Bonchev–Trinajstić information content (AvgIpc) is 3.07. The lowest BCUT2D eigenvalue weighted by Gasteiger charge is -2.36. The molecule has 116 valence electrons. The summed E-state index contributed by atoms with van der Waals surface area (Å²) in [5.74, 6) is 0. The third-order valence-corrected chi connectivity index (χ3v) is 5.04. The Labute approximate surface area is 140 Å². The van der Waals surface area contributed by atoms with Crippen LogP contribution < -0.4 is 9.80 Å². The van der Waals surface area contributed by atoms with Crippen molar-refractivity contribution in [2.45, 2.75) is 6.54 Å². The van der Waals surface area contributed by atoms with Crippen LogP contribution in [0.4, 0.5) is 11.4 Å². The number of nitrogens with zero attached hydrogens (tertiary/aromatic N) is 4. The Balaban J connectivity index is 1.58. The standard InChI is InChI=1S/C18H18N4S/c1-21-10-11-22(17-8-3-2-7-16(17)21)12-14-13-23-18(20-14)15-6-4-5-9-19-15/h2-9,13H,10-12H2,1H3. The Morgan fingerprint density at radius 2 is 1.87 bits per heavy atom. The molecule has 0 aliphatic carbocycles. The van der Waals surface area contributed by atoms with Gasteiger partial charge in [0, 0.05) is 31.7 Å². The maximum absolute atomic E-state index is 4.77. The second kappa shape index (κ2) is 6.01. The molecule has 0 atom stereocenters. The quantitative estimate of drug-likeness (QED) is 0.736. The first-order valence-corrected chi connectivity index (χ1v) is 8.60. The molecule has 23 heavy (non-hydrogen) atoms. The summed E-state index contributed by atoms with van der Waals surface area (Å²) in [4.78, 5) is 13.9. The summed E-state index contributed by atoms with van der Waals surface area (Å²) in [7, 11) is 2.15. The monoisotopic (exact) mass is 322 g/mol. The number of hydrogen-bond acceptors (Lipinski definition) is 5. The van der Waals surface area contributed by atoms with Gasteiger partial charge >= 0.3 is 0 Å². The Morgan fingerprint density at radius 3 is 2.70 bits per heavy atom. The molecule has 5 heteroatoms. The number of anilines is 2. The summed E-state index contributed by atoms with van der Waals surface area (Å²) in [5, 5.41) is 3.13. The van der Waals surface area contributed by atoms with Crippen molar-refractivity contribution in [2.75, 3.05) is 29.9 Å². The van der Waals surface area contributed by atoms with E-state index in [-0.39, 0.29) is 0 Å². The minimum absolute atomic E-state index is 0.841. The first-order valence-electron chi connectivity index (χ1n) is 7.72. The number of fused-ring (bicyclic) bond motifs is 1. The fourth-order valence-electron chi connectivity index (χ4n) is 2.91. The molecule has 0 saturated carbocycles. The van der Waals surface area contributed by atoms with Gasteiger partial charge in [-0.1, -0.05) is 18.2 Å². The van der Waals surface area contributed by atoms with Crippen LogP contribution in [0.2, 0.25) is 0 Å². The van der Waals surface area contributed by atoms with Crippen molar-refractivity contribution in [2.24, 2.45) is 0 Å². The van der Waals surface area contributed by atoms with E-state index in [9.17, 15) is 0 Å². The van der Waals surface area contributed by atoms with Gasteiger partial charge in [-0.25, -0.2) is 4.98 Å². The lowest BCUT2D eigenvalue weighted by Crippen LogP contribution is -2.38. The summed E-state index contributed by atoms with van der Waals surface area (Å²) >= 11 is 1.66. The highest BCUT2D eigenvalue weighted by Crippen LogP contribution is 2.33. The number of para-hydroxylation sites is 2. The van der Waals surface area contributed by atoms with Crippen molar-refractivity contribution in [1.29, 1.82) is 0 Å². The minimum atomic E-state index is 0.841. The number of rotatable bonds is 3. The fourth-order valence-corrected chi connectivity index (χ4v) is 3.70. The third kappa shape index (κ3) is 2.80. The van der Waals surface area contributed by atoms with E-state index in [2.05, 4.69) is 51.5 Å². The highest BCUT2D eigenvalue weighted by molar-refractivity contribution is 7.13. The predicted octanol–water partition coefficient (Wildman–Crippen LogP) is 3.66. The second-order valence-corrected chi connectivity index (χ2v) is 6.55. The van der Waals surface area contributed by atoms with Crippen molar-refractivity contribution < 1.29 is 0 Å². The average molecular weight is 322 g/mol. The lowest BCUT2D eigenvalue weighted by molar-refractivity contribution is 0.727. The van der Waals surface area contributed by atoms with Gasteiger partial charge in [0.25, 0.3) is 0 Å². The molecule has 0 bridgehead atoms. The Kier molecular flexibility index (Phi) is 3.71. The Morgan fingerprint density at radius 1 is 1.04 bits per heavy atom. The van der Waals surface area contributed by atoms with Gasteiger partial charge in [-0.05, 0) is 24.3 Å². The zero-order chi connectivity index (χ0) is 15.6. The molecule has 0 fully saturated rings. The maximum atomic E-state index is 4.77. The van der Waals surface area contributed by atoms with Gasteiger partial charge in [0.05, 0.1) is 29.3 Å². The normalized spacial score (nSPS) is 14.0. The number of likely N-dealkylation sites (N-methyl/N-ethyl adjacent to an activating group) is 1. The molecule has 0 N–H and O–H groups in total. The Hall–Kier alpha value is -2.40. The number of pyridine rings is 1. The molecule has 0 amide bonds. The van der Waals surface area contributed by atoms with E-state index in [1.807, 2.05) is 24.4 Å². The maximum Gasteiger partial charge on any atom is 0.142 e. The molecule has 0 saturated heterocycles. The summed E-state index contributed by atoms with van der Waals surface area (Å²) in [6, 6.07) is 14.5. The topological polar surface area (TPSA) is 32.3 Å². The molecule has 1 aliphatic heterocycles. The molecule has 4 nitrogen and oxygen atoms in total. The highest BCUT2D eigenvalue weighted by atomic mass is 32.1. The molecule has 0 spiro atoms. The molecular weight excluding hydrogens is 304 g/mol. The van der Waals surface area contributed by atoms with Gasteiger partial charge in [-0.3, -0.25) is 4.98 Å². The molecular formula is C18H18N4S. The second-order valence-electron chi connectivity index (χ2n) is 5.69. The Bertz CT molecular complexity index is 800. The SMILES string of the molecule is CN1CCN(Cc2csc(-c3ccccn3)n2)c2ccccc21. The summed E-state index contributed by atoms with van der Waals surface area (Å²) in [6.07, 6.45) is 1.81. The summed E-state index contributed by atoms with van der Waals surface area (Å²) in [6.45, 7) is 2.90. The van der Waals surface area contributed by atoms with Crippen LogP contribution in [0.3, 0.4) is 0 Å². The van der Waals surface area contributed by atoms with Crippen LogP contribution in [-0.2, 0) is 6.54 Å². The minimum Gasteiger partial charge on any atom is -0.371 e. The predicted molar refractivity (Wildman–Crippen MR) is 96.1 cm³/mol. The number of aromatic nitrogens is 2. The lowest BCUT2D eigenvalue weighted by atomic mass is 10.1. The fraction of sp³-hybridized carbons (Fsp3) is 0.222. The van der Waals surface area contributed by atoms with Crippen molar-refractivity contribution in [3.63, 3.8) is 0 Å². The van der Waals surface area contributed by atoms with E-state index in [1.165, 1.54) is 11.4 Å². The first kappa shape index (κ1) is 14.2. The number of benzene rings is 1. The van der Waals surface area contributed by atoms with Gasteiger partial charge in [0.15, 0.2) is 0 Å². The highest BCUT2D eigenvalue weighted by Gasteiger charge is 2.20. The molecule has 3 aromatic rings. The van der Waals surface area contributed by atoms with Crippen molar-refractivity contribution >= 4 is 22.7 Å². The van der Waals surface area contributed by atoms with Gasteiger partial charge in [-0.2, -0.15) is 0 Å². The third-order valence-electron chi connectivity index (χ3n) is 4.13. The molecule has 0 unspecified atom stereocenters. The number of hydrogen-bond donors (Lipinski definition) is 0. The largest absolute Gasteiger partial charge is 0.371 e. The van der Waals surface area contributed by atoms with Crippen LogP contribution in [0.25, 0.3) is 10.7 Å². The van der Waals surface area contributed by atoms with E-state index in [1.54, 1.807) is 11.3 Å². The van der Waals surface area contributed by atoms with E-state index in [0.717, 1.165) is 36.0 Å². The van der Waals surface area contributed by atoms with E-state index in [4.69, 9.17) is 4.98 Å². The molecule has 4 rings (SSSR count). The molecule has 1 aliphatic rings. The zero-order valence-corrected chi connectivity index (χ0v) is 13.8. The number of thiazole rings is 1. The molecule has 1 aromatic carbocycles. The van der Waals surface area contributed by atoms with Crippen LogP contribution >= 0.6 is 11.3 Å². The van der Waals surface area contributed by atoms with Crippen LogP contribution in [0.5, 0.6) is 0 Å². The molecule has 0 radical (unpaired) electrons. The smallest absolute Gasteiger partial charge is 0.142 e. The van der Waals surface area contributed by atoms with Gasteiger partial charge < -0.3 is 9.80 Å². The van der Waals surface area contributed by atoms with Gasteiger partial charge in [0.1, 0.15) is 5.01 Å². The van der Waals surface area contributed by atoms with Crippen LogP contribution in [0.1, 0.15) is 5.69 Å². The van der Waals surface area contributed by atoms with Crippen molar-refractivity contribution in [3.05, 3.63) is 59.7 Å².